The maximum absolute atomic E-state index is 13.3. The molecule has 1 saturated heterocycles. The molecule has 1 N–H and O–H groups in total. The van der Waals surface area contributed by atoms with Crippen LogP contribution in [0.15, 0.2) is 40.5 Å². The quantitative estimate of drug-likeness (QED) is 0.319. The average molecular weight is 578 g/mol. The van der Waals surface area contributed by atoms with Crippen molar-refractivity contribution in [3.8, 4) is 0 Å². The summed E-state index contributed by atoms with van der Waals surface area (Å²) in [6, 6.07) is 6.26. The van der Waals surface area contributed by atoms with Gasteiger partial charge in [-0.1, -0.05) is 17.3 Å². The first-order chi connectivity index (χ1) is 18.6. The van der Waals surface area contributed by atoms with Crippen molar-refractivity contribution in [2.45, 2.75) is 62.4 Å². The molecule has 11 nitrogen and oxygen atoms in total. The van der Waals surface area contributed by atoms with E-state index in [0.29, 0.717) is 36.6 Å². The molecule has 2 atom stereocenters. The number of piperazine rings is 1. The molecule has 0 bridgehead atoms. The van der Waals surface area contributed by atoms with E-state index in [1.165, 1.54) is 23.5 Å². The fraction of sp³-hybridized carbons (Fsp3) is 0.538. The van der Waals surface area contributed by atoms with Crippen molar-refractivity contribution in [2.75, 3.05) is 38.7 Å². The molecule has 1 aliphatic heterocycles. The molecule has 1 aliphatic carbocycles. The van der Waals surface area contributed by atoms with E-state index in [9.17, 15) is 18.0 Å². The van der Waals surface area contributed by atoms with Gasteiger partial charge in [0.25, 0.3) is 5.91 Å². The Bertz CT molecular complexity index is 1310. The van der Waals surface area contributed by atoms with Gasteiger partial charge in [0.15, 0.2) is 20.7 Å². The number of sulfone groups is 1. The summed E-state index contributed by atoms with van der Waals surface area (Å²) in [5, 5.41) is 6.98. The molecule has 1 aromatic heterocycles. The second kappa shape index (κ2) is 12.5. The van der Waals surface area contributed by atoms with Crippen LogP contribution in [0.25, 0.3) is 0 Å². The topological polar surface area (TPSA) is 130 Å². The number of hydrogen-bond acceptors (Lipinski definition) is 10. The highest BCUT2D eigenvalue weighted by Crippen LogP contribution is 2.33. The third-order valence-electron chi connectivity index (χ3n) is 6.63. The molecule has 13 heteroatoms. The van der Waals surface area contributed by atoms with Crippen LogP contribution in [0.2, 0.25) is 0 Å². The summed E-state index contributed by atoms with van der Waals surface area (Å²) in [7, 11) is -1.81. The number of carbonyl (C=O) groups excluding carboxylic acids is 2. The van der Waals surface area contributed by atoms with E-state index in [2.05, 4.69) is 20.4 Å². The number of aromatic nitrogens is 1. The Morgan fingerprint density at radius 1 is 1.23 bits per heavy atom. The first-order valence-electron chi connectivity index (χ1n) is 12.9. The average Bonchev–Trinajstić information content (AvgIpc) is 3.67. The molecule has 0 spiro atoms. The Morgan fingerprint density at radius 2 is 1.95 bits per heavy atom. The van der Waals surface area contributed by atoms with Crippen molar-refractivity contribution in [3.05, 3.63) is 40.9 Å². The first kappa shape index (κ1) is 29.1. The molecular weight excluding hydrogens is 542 g/mol. The number of carbonyl (C=O) groups is 2. The van der Waals surface area contributed by atoms with Gasteiger partial charge in [-0.25, -0.2) is 13.4 Å². The number of benzene rings is 1. The second-order valence-corrected chi connectivity index (χ2v) is 13.3. The van der Waals surface area contributed by atoms with Crippen LogP contribution in [-0.2, 0) is 35.5 Å². The highest BCUT2D eigenvalue weighted by molar-refractivity contribution is 7.92. The van der Waals surface area contributed by atoms with E-state index < -0.39 is 21.8 Å². The number of anilines is 1. The number of rotatable bonds is 11. The van der Waals surface area contributed by atoms with Crippen molar-refractivity contribution in [1.82, 2.24) is 14.8 Å². The molecule has 4 rings (SSSR count). The van der Waals surface area contributed by atoms with E-state index in [1.807, 2.05) is 11.8 Å². The standard InChI is InChI=1S/C26H35N5O6S2/c1-17-14-30(11-12-31(17)19(3)32)15-21-13-27-26(38-21)28-25(33)24(29-37-18(2)16-36-4)20-5-7-22(8-6-20)39(34,35)23-9-10-23/h5-8,13,17-18,23H,9-12,14-16H2,1-4H3,(H,27,28,33)/b29-24+/t17-,18+/m0/s1. The summed E-state index contributed by atoms with van der Waals surface area (Å²) in [5.74, 6) is -0.441. The third-order valence-corrected chi connectivity index (χ3v) is 9.81. The second-order valence-electron chi connectivity index (χ2n) is 9.96. The van der Waals surface area contributed by atoms with Gasteiger partial charge in [-0.05, 0) is 38.8 Å². The number of amides is 2. The van der Waals surface area contributed by atoms with Crippen molar-refractivity contribution >= 4 is 43.8 Å². The zero-order valence-electron chi connectivity index (χ0n) is 22.6. The first-order valence-corrected chi connectivity index (χ1v) is 15.3. The van der Waals surface area contributed by atoms with Crippen molar-refractivity contribution in [2.24, 2.45) is 5.16 Å². The predicted octanol–water partition coefficient (Wildman–Crippen LogP) is 2.53. The van der Waals surface area contributed by atoms with Crippen molar-refractivity contribution in [3.63, 3.8) is 0 Å². The molecule has 212 valence electrons. The molecule has 0 radical (unpaired) electrons. The van der Waals surface area contributed by atoms with E-state index in [1.54, 1.807) is 39.3 Å². The molecular formula is C26H35N5O6S2. The summed E-state index contributed by atoms with van der Waals surface area (Å²) < 4.78 is 30.2. The van der Waals surface area contributed by atoms with Gasteiger partial charge in [0.05, 0.1) is 16.8 Å². The molecule has 1 aromatic carbocycles. The molecule has 1 saturated carbocycles. The summed E-state index contributed by atoms with van der Waals surface area (Å²) >= 11 is 1.36. The number of oxime groups is 1. The van der Waals surface area contributed by atoms with Gasteiger partial charge in [-0.15, -0.1) is 11.3 Å². The Morgan fingerprint density at radius 3 is 2.56 bits per heavy atom. The summed E-state index contributed by atoms with van der Waals surface area (Å²) in [4.78, 5) is 40.2. The van der Waals surface area contributed by atoms with Crippen LogP contribution in [0.3, 0.4) is 0 Å². The maximum Gasteiger partial charge on any atom is 0.280 e. The number of ether oxygens (including phenoxy) is 1. The van der Waals surface area contributed by atoms with Gasteiger partial charge in [0.1, 0.15) is 6.10 Å². The Labute approximate surface area is 233 Å². The van der Waals surface area contributed by atoms with Gasteiger partial charge in [0.2, 0.25) is 5.91 Å². The van der Waals surface area contributed by atoms with E-state index >= 15 is 0 Å². The van der Waals surface area contributed by atoms with E-state index in [4.69, 9.17) is 9.57 Å². The molecule has 2 aliphatic rings. The third kappa shape index (κ3) is 7.41. The zero-order valence-corrected chi connectivity index (χ0v) is 24.3. The van der Waals surface area contributed by atoms with Crippen molar-refractivity contribution in [1.29, 1.82) is 0 Å². The van der Waals surface area contributed by atoms with Crippen LogP contribution in [-0.4, -0.2) is 91.5 Å². The number of methoxy groups -OCH3 is 1. The van der Waals surface area contributed by atoms with Crippen LogP contribution in [0.5, 0.6) is 0 Å². The number of hydrogen-bond donors (Lipinski definition) is 1. The van der Waals surface area contributed by atoms with Gasteiger partial charge in [-0.3, -0.25) is 19.8 Å². The number of nitrogens with zero attached hydrogens (tertiary/aromatic N) is 4. The smallest absolute Gasteiger partial charge is 0.280 e. The highest BCUT2D eigenvalue weighted by Gasteiger charge is 2.37. The molecule has 39 heavy (non-hydrogen) atoms. The lowest BCUT2D eigenvalue weighted by Crippen LogP contribution is -2.52. The highest BCUT2D eigenvalue weighted by atomic mass is 32.2. The fourth-order valence-corrected chi connectivity index (χ4v) is 6.97. The predicted molar refractivity (Wildman–Crippen MR) is 148 cm³/mol. The number of thiazole rings is 1. The molecule has 2 aromatic rings. The van der Waals surface area contributed by atoms with Crippen LogP contribution in [0.4, 0.5) is 5.13 Å². The maximum atomic E-state index is 13.3. The van der Waals surface area contributed by atoms with Crippen LogP contribution in [0.1, 0.15) is 44.1 Å². The van der Waals surface area contributed by atoms with Crippen LogP contribution >= 0.6 is 11.3 Å². The minimum atomic E-state index is -3.35. The normalized spacial score (nSPS) is 19.5. The largest absolute Gasteiger partial charge is 0.390 e. The zero-order chi connectivity index (χ0) is 28.2. The Balaban J connectivity index is 1.45. The summed E-state index contributed by atoms with van der Waals surface area (Å²) in [6.45, 7) is 8.55. The van der Waals surface area contributed by atoms with E-state index in [0.717, 1.165) is 18.0 Å². The SMILES string of the molecule is COC[C@@H](C)O/N=C(/C(=O)Nc1ncc(CN2CCN(C(C)=O)[C@@H](C)C2)s1)c1ccc(S(=O)(=O)C2CC2)cc1. The van der Waals surface area contributed by atoms with Gasteiger partial charge in [0, 0.05) is 62.9 Å². The summed E-state index contributed by atoms with van der Waals surface area (Å²) in [6.07, 6.45) is 2.68. The lowest BCUT2D eigenvalue weighted by atomic mass is 10.1. The molecule has 2 heterocycles. The lowest BCUT2D eigenvalue weighted by Gasteiger charge is -2.39. The van der Waals surface area contributed by atoms with Crippen molar-refractivity contribution < 1.29 is 27.6 Å². The Kier molecular flexibility index (Phi) is 9.36. The minimum Gasteiger partial charge on any atom is -0.390 e. The van der Waals surface area contributed by atoms with E-state index in [-0.39, 0.29) is 34.4 Å². The number of nitrogens with one attached hydrogen (secondary N) is 1. The van der Waals surface area contributed by atoms with Gasteiger partial charge in [-0.2, -0.15) is 0 Å². The molecule has 2 fully saturated rings. The van der Waals surface area contributed by atoms with Crippen LogP contribution < -0.4 is 5.32 Å². The minimum absolute atomic E-state index is 0.000692. The lowest BCUT2D eigenvalue weighted by molar-refractivity contribution is -0.133. The Hall–Kier alpha value is -2.87. The van der Waals surface area contributed by atoms with Gasteiger partial charge >= 0.3 is 0 Å². The fourth-order valence-electron chi connectivity index (χ4n) is 4.47. The monoisotopic (exact) mass is 577 g/mol. The van der Waals surface area contributed by atoms with Crippen LogP contribution in [0, 0.1) is 0 Å². The molecule has 0 unspecified atom stereocenters. The van der Waals surface area contributed by atoms with Gasteiger partial charge < -0.3 is 14.5 Å². The summed E-state index contributed by atoms with van der Waals surface area (Å²) in [5.41, 5.74) is 0.417. The molecule has 2 amide bonds.